The Hall–Kier alpha value is -2.47. The monoisotopic (exact) mass is 272 g/mol. The highest BCUT2D eigenvalue weighted by molar-refractivity contribution is 5.42. The van der Waals surface area contributed by atoms with Crippen LogP contribution in [-0.4, -0.2) is 14.2 Å². The third-order valence-electron chi connectivity index (χ3n) is 3.22. The molecule has 0 fully saturated rings. The summed E-state index contributed by atoms with van der Waals surface area (Å²) in [5.41, 5.74) is 7.13. The lowest BCUT2D eigenvalue weighted by Crippen LogP contribution is -2.22. The third-order valence-corrected chi connectivity index (χ3v) is 3.22. The molecule has 0 unspecified atom stereocenters. The van der Waals surface area contributed by atoms with E-state index < -0.39 is 0 Å². The summed E-state index contributed by atoms with van der Waals surface area (Å²) >= 11 is 0. The zero-order valence-electron chi connectivity index (χ0n) is 10.7. The molecular weight excluding hydrogens is 259 g/mol. The van der Waals surface area contributed by atoms with Crippen LogP contribution in [0.5, 0.6) is 0 Å². The van der Waals surface area contributed by atoms with Gasteiger partial charge in [-0.3, -0.25) is 4.79 Å². The summed E-state index contributed by atoms with van der Waals surface area (Å²) in [7, 11) is 0. The number of halogens is 1. The molecule has 0 aliphatic carbocycles. The Balaban J connectivity index is 2.00. The van der Waals surface area contributed by atoms with Crippen molar-refractivity contribution in [2.45, 2.75) is 13.1 Å². The summed E-state index contributed by atoms with van der Waals surface area (Å²) in [5, 5.41) is 4.00. The van der Waals surface area contributed by atoms with E-state index in [0.29, 0.717) is 17.6 Å². The fraction of sp³-hybridized carbons (Fsp3) is 0.143. The van der Waals surface area contributed by atoms with Crippen LogP contribution in [-0.2, 0) is 13.1 Å². The summed E-state index contributed by atoms with van der Waals surface area (Å²) in [5.74, 6) is -0.324. The summed E-state index contributed by atoms with van der Waals surface area (Å²) in [6, 6.07) is 6.37. The van der Waals surface area contributed by atoms with Crippen molar-refractivity contribution >= 4 is 5.52 Å². The van der Waals surface area contributed by atoms with Gasteiger partial charge in [-0.25, -0.2) is 8.91 Å². The predicted molar refractivity (Wildman–Crippen MR) is 72.8 cm³/mol. The lowest BCUT2D eigenvalue weighted by atomic mass is 10.1. The number of rotatable bonds is 3. The molecule has 6 heteroatoms. The predicted octanol–water partition coefficient (Wildman–Crippen LogP) is 1.14. The normalized spacial score (nSPS) is 11.1. The molecule has 2 N–H and O–H groups in total. The SMILES string of the molecule is NCc1cc(Cn2ccn3nccc3c2=O)ccc1F. The Morgan fingerprint density at radius 2 is 2.10 bits per heavy atom. The second-order valence-electron chi connectivity index (χ2n) is 4.52. The fourth-order valence-electron chi connectivity index (χ4n) is 2.16. The van der Waals surface area contributed by atoms with E-state index in [1.54, 1.807) is 41.4 Å². The zero-order chi connectivity index (χ0) is 14.1. The van der Waals surface area contributed by atoms with Crippen molar-refractivity contribution in [3.05, 3.63) is 70.2 Å². The Morgan fingerprint density at radius 3 is 2.90 bits per heavy atom. The van der Waals surface area contributed by atoms with Crippen molar-refractivity contribution in [2.75, 3.05) is 0 Å². The topological polar surface area (TPSA) is 65.3 Å². The molecule has 2 aromatic heterocycles. The van der Waals surface area contributed by atoms with E-state index in [1.807, 2.05) is 0 Å². The van der Waals surface area contributed by atoms with Crippen LogP contribution >= 0.6 is 0 Å². The van der Waals surface area contributed by atoms with Gasteiger partial charge in [0.05, 0.1) is 12.7 Å². The second kappa shape index (κ2) is 4.90. The minimum absolute atomic E-state index is 0.135. The first kappa shape index (κ1) is 12.6. The van der Waals surface area contributed by atoms with Crippen LogP contribution in [0.2, 0.25) is 0 Å². The van der Waals surface area contributed by atoms with Crippen LogP contribution in [0.25, 0.3) is 5.52 Å². The average Bonchev–Trinajstić information content (AvgIpc) is 2.93. The van der Waals surface area contributed by atoms with Gasteiger partial charge in [0.2, 0.25) is 0 Å². The molecule has 0 radical (unpaired) electrons. The van der Waals surface area contributed by atoms with Gasteiger partial charge in [0, 0.05) is 24.5 Å². The molecule has 5 nitrogen and oxygen atoms in total. The van der Waals surface area contributed by atoms with Crippen LogP contribution < -0.4 is 11.3 Å². The Labute approximate surface area is 114 Å². The largest absolute Gasteiger partial charge is 0.326 e. The molecular formula is C14H13FN4O. The van der Waals surface area contributed by atoms with Crippen LogP contribution in [0, 0.1) is 5.82 Å². The van der Waals surface area contributed by atoms with E-state index in [0.717, 1.165) is 5.56 Å². The molecule has 3 rings (SSSR count). The molecule has 0 aliphatic rings. The van der Waals surface area contributed by atoms with Crippen LogP contribution in [0.3, 0.4) is 0 Å². The number of benzene rings is 1. The highest BCUT2D eigenvalue weighted by Gasteiger charge is 2.06. The van der Waals surface area contributed by atoms with Gasteiger partial charge < -0.3 is 10.3 Å². The number of nitrogens with zero attached hydrogens (tertiary/aromatic N) is 3. The molecule has 102 valence electrons. The van der Waals surface area contributed by atoms with E-state index in [9.17, 15) is 9.18 Å². The molecule has 0 saturated carbocycles. The van der Waals surface area contributed by atoms with Gasteiger partial charge in [0.1, 0.15) is 11.3 Å². The van der Waals surface area contributed by atoms with Crippen molar-refractivity contribution in [1.29, 1.82) is 0 Å². The van der Waals surface area contributed by atoms with Gasteiger partial charge in [-0.05, 0) is 23.8 Å². The fourth-order valence-corrected chi connectivity index (χ4v) is 2.16. The van der Waals surface area contributed by atoms with E-state index in [4.69, 9.17) is 5.73 Å². The molecule has 0 aliphatic heterocycles. The molecule has 0 saturated heterocycles. The molecule has 20 heavy (non-hydrogen) atoms. The van der Waals surface area contributed by atoms with Crippen molar-refractivity contribution in [3.63, 3.8) is 0 Å². The van der Waals surface area contributed by atoms with Crippen molar-refractivity contribution < 1.29 is 4.39 Å². The third kappa shape index (κ3) is 2.10. The van der Waals surface area contributed by atoms with Crippen molar-refractivity contribution in [3.8, 4) is 0 Å². The summed E-state index contributed by atoms with van der Waals surface area (Å²) in [6.45, 7) is 0.504. The molecule has 2 heterocycles. The van der Waals surface area contributed by atoms with Gasteiger partial charge >= 0.3 is 0 Å². The zero-order valence-corrected chi connectivity index (χ0v) is 10.7. The summed E-state index contributed by atoms with van der Waals surface area (Å²) in [6.07, 6.45) is 4.95. The minimum Gasteiger partial charge on any atom is -0.326 e. The lowest BCUT2D eigenvalue weighted by molar-refractivity contribution is 0.608. The van der Waals surface area contributed by atoms with E-state index >= 15 is 0 Å². The maximum Gasteiger partial charge on any atom is 0.276 e. The van der Waals surface area contributed by atoms with Gasteiger partial charge in [0.25, 0.3) is 5.56 Å². The van der Waals surface area contributed by atoms with Crippen LogP contribution in [0.1, 0.15) is 11.1 Å². The molecule has 0 spiro atoms. The standard InChI is InChI=1S/C14H13FN4O/c15-12-2-1-10(7-11(12)8-16)9-18-5-6-19-13(14(18)20)3-4-17-19/h1-7H,8-9,16H2. The summed E-state index contributed by atoms with van der Waals surface area (Å²) < 4.78 is 16.5. The van der Waals surface area contributed by atoms with Crippen molar-refractivity contribution in [1.82, 2.24) is 14.2 Å². The molecule has 3 aromatic rings. The maximum atomic E-state index is 13.4. The highest BCUT2D eigenvalue weighted by Crippen LogP contribution is 2.11. The quantitative estimate of drug-likeness (QED) is 0.777. The van der Waals surface area contributed by atoms with Gasteiger partial charge in [-0.15, -0.1) is 0 Å². The molecule has 1 aromatic carbocycles. The Kier molecular flexibility index (Phi) is 3.08. The number of aromatic nitrogens is 3. The number of fused-ring (bicyclic) bond motifs is 1. The van der Waals surface area contributed by atoms with Crippen LogP contribution in [0.4, 0.5) is 4.39 Å². The second-order valence-corrected chi connectivity index (χ2v) is 4.52. The average molecular weight is 272 g/mol. The number of nitrogens with two attached hydrogens (primary N) is 1. The molecule has 0 amide bonds. The summed E-state index contributed by atoms with van der Waals surface area (Å²) in [4.78, 5) is 12.2. The first-order valence-corrected chi connectivity index (χ1v) is 6.19. The number of hydrogen-bond acceptors (Lipinski definition) is 3. The van der Waals surface area contributed by atoms with Gasteiger partial charge in [-0.1, -0.05) is 6.07 Å². The highest BCUT2D eigenvalue weighted by atomic mass is 19.1. The van der Waals surface area contributed by atoms with E-state index in [-0.39, 0.29) is 17.9 Å². The first-order chi connectivity index (χ1) is 9.69. The maximum absolute atomic E-state index is 13.4. The van der Waals surface area contributed by atoms with E-state index in [2.05, 4.69) is 5.10 Å². The Morgan fingerprint density at radius 1 is 1.25 bits per heavy atom. The van der Waals surface area contributed by atoms with Crippen LogP contribution in [0.15, 0.2) is 47.7 Å². The van der Waals surface area contributed by atoms with E-state index in [1.165, 1.54) is 10.6 Å². The van der Waals surface area contributed by atoms with Gasteiger partial charge in [0.15, 0.2) is 0 Å². The molecule has 0 bridgehead atoms. The minimum atomic E-state index is -0.324. The van der Waals surface area contributed by atoms with Gasteiger partial charge in [-0.2, -0.15) is 5.10 Å². The van der Waals surface area contributed by atoms with Crippen molar-refractivity contribution in [2.24, 2.45) is 5.73 Å². The lowest BCUT2D eigenvalue weighted by Gasteiger charge is -2.08. The smallest absolute Gasteiger partial charge is 0.276 e. The Bertz CT molecular complexity index is 821. The number of hydrogen-bond donors (Lipinski definition) is 1. The molecule has 0 atom stereocenters. The first-order valence-electron chi connectivity index (χ1n) is 6.19.